The van der Waals surface area contributed by atoms with Crippen LogP contribution in [0.1, 0.15) is 17.3 Å². The summed E-state index contributed by atoms with van der Waals surface area (Å²) in [6.45, 7) is 3.17. The first-order chi connectivity index (χ1) is 9.95. The van der Waals surface area contributed by atoms with Gasteiger partial charge in [0.15, 0.2) is 0 Å². The summed E-state index contributed by atoms with van der Waals surface area (Å²) in [5.41, 5.74) is 6.48. The van der Waals surface area contributed by atoms with E-state index >= 15 is 0 Å². The molecule has 1 aliphatic heterocycles. The number of halogens is 1. The van der Waals surface area contributed by atoms with Crippen LogP contribution in [0.5, 0.6) is 0 Å². The Morgan fingerprint density at radius 1 is 1.48 bits per heavy atom. The van der Waals surface area contributed by atoms with Crippen LogP contribution >= 0.6 is 15.9 Å². The van der Waals surface area contributed by atoms with Gasteiger partial charge in [-0.05, 0) is 41.1 Å². The van der Waals surface area contributed by atoms with Crippen LogP contribution in [0.3, 0.4) is 0 Å². The van der Waals surface area contributed by atoms with Gasteiger partial charge in [0.2, 0.25) is 5.91 Å². The molecule has 1 aliphatic rings. The van der Waals surface area contributed by atoms with Crippen LogP contribution in [0.2, 0.25) is 0 Å². The van der Waals surface area contributed by atoms with Crippen LogP contribution in [0.4, 0.5) is 5.69 Å². The third kappa shape index (κ3) is 3.19. The number of nitrogens with zero attached hydrogens (tertiary/aromatic N) is 1. The van der Waals surface area contributed by atoms with E-state index in [0.29, 0.717) is 23.2 Å². The van der Waals surface area contributed by atoms with Crippen molar-refractivity contribution in [2.45, 2.75) is 13.0 Å². The molecule has 2 unspecified atom stereocenters. The van der Waals surface area contributed by atoms with Gasteiger partial charge in [-0.3, -0.25) is 9.59 Å². The average molecular weight is 357 g/mol. The fraction of sp³-hybridized carbons (Fsp3) is 0.429. The number of carbonyl (C=O) groups is 2. The maximum Gasteiger partial charge on any atom is 0.311 e. The molecule has 0 saturated carbocycles. The summed E-state index contributed by atoms with van der Waals surface area (Å²) < 4.78 is 6.03. The zero-order valence-corrected chi connectivity index (χ0v) is 13.2. The van der Waals surface area contributed by atoms with Crippen LogP contribution in [0.15, 0.2) is 22.7 Å². The number of aliphatic carboxylic acids is 1. The molecule has 21 heavy (non-hydrogen) atoms. The smallest absolute Gasteiger partial charge is 0.311 e. The maximum atomic E-state index is 11.3. The minimum atomic E-state index is -0.860. The van der Waals surface area contributed by atoms with Crippen LogP contribution in [0.25, 0.3) is 0 Å². The number of ether oxygens (including phenoxy) is 1. The molecular weight excluding hydrogens is 340 g/mol. The van der Waals surface area contributed by atoms with Gasteiger partial charge in [0.25, 0.3) is 0 Å². The molecule has 1 fully saturated rings. The highest BCUT2D eigenvalue weighted by atomic mass is 79.9. The summed E-state index contributed by atoms with van der Waals surface area (Å²) >= 11 is 3.42. The third-order valence-corrected chi connectivity index (χ3v) is 4.29. The Morgan fingerprint density at radius 2 is 2.19 bits per heavy atom. The van der Waals surface area contributed by atoms with Crippen molar-refractivity contribution in [2.75, 3.05) is 24.7 Å². The van der Waals surface area contributed by atoms with Gasteiger partial charge >= 0.3 is 5.97 Å². The monoisotopic (exact) mass is 356 g/mol. The Kier molecular flexibility index (Phi) is 4.84. The number of benzene rings is 1. The summed E-state index contributed by atoms with van der Waals surface area (Å²) in [6.07, 6.45) is 0. The van der Waals surface area contributed by atoms with Crippen molar-refractivity contribution in [3.05, 3.63) is 28.2 Å². The minimum Gasteiger partial charge on any atom is -0.481 e. The Bertz CT molecular complexity index is 564. The molecule has 1 saturated heterocycles. The fourth-order valence-corrected chi connectivity index (χ4v) is 3.17. The largest absolute Gasteiger partial charge is 0.481 e. The van der Waals surface area contributed by atoms with Crippen LogP contribution in [-0.2, 0) is 9.53 Å². The molecule has 2 rings (SSSR count). The summed E-state index contributed by atoms with van der Waals surface area (Å²) in [5, 5.41) is 9.28. The zero-order chi connectivity index (χ0) is 15.6. The molecule has 3 N–H and O–H groups in total. The number of carboxylic acid groups (broad SMARTS) is 1. The van der Waals surface area contributed by atoms with Crippen molar-refractivity contribution < 1.29 is 19.4 Å². The van der Waals surface area contributed by atoms with E-state index < -0.39 is 17.8 Å². The van der Waals surface area contributed by atoms with Crippen molar-refractivity contribution >= 4 is 33.5 Å². The molecule has 0 aliphatic carbocycles. The fourth-order valence-electron chi connectivity index (χ4n) is 2.56. The number of carboxylic acids is 1. The van der Waals surface area contributed by atoms with E-state index in [2.05, 4.69) is 15.9 Å². The van der Waals surface area contributed by atoms with Gasteiger partial charge in [0.05, 0.1) is 24.9 Å². The highest BCUT2D eigenvalue weighted by molar-refractivity contribution is 9.10. The van der Waals surface area contributed by atoms with E-state index in [1.165, 1.54) is 0 Å². The average Bonchev–Trinajstić information content (AvgIpc) is 2.90. The maximum absolute atomic E-state index is 11.3. The molecule has 1 amide bonds. The molecule has 0 radical (unpaired) electrons. The molecule has 7 heteroatoms. The Labute approximate surface area is 131 Å². The molecule has 114 valence electrons. The number of carbonyl (C=O) groups excluding carboxylic acids is 1. The lowest BCUT2D eigenvalue weighted by atomic mass is 10.0. The number of primary amides is 1. The molecule has 1 aromatic rings. The quantitative estimate of drug-likeness (QED) is 0.833. The lowest BCUT2D eigenvalue weighted by molar-refractivity contribution is -0.141. The van der Waals surface area contributed by atoms with Crippen molar-refractivity contribution in [3.63, 3.8) is 0 Å². The molecule has 1 heterocycles. The normalized spacial score (nSPS) is 21.2. The molecular formula is C14H17BrN2O4. The number of anilines is 1. The molecule has 1 aromatic carbocycles. The molecule has 2 atom stereocenters. The summed E-state index contributed by atoms with van der Waals surface area (Å²) in [6, 6.07) is 4.82. The van der Waals surface area contributed by atoms with Crippen LogP contribution in [-0.4, -0.2) is 42.8 Å². The highest BCUT2D eigenvalue weighted by Crippen LogP contribution is 2.32. The lowest BCUT2D eigenvalue weighted by Gasteiger charge is -2.32. The van der Waals surface area contributed by atoms with Gasteiger partial charge in [0, 0.05) is 16.6 Å². The molecule has 6 nitrogen and oxygen atoms in total. The van der Waals surface area contributed by atoms with E-state index in [1.54, 1.807) is 18.2 Å². The van der Waals surface area contributed by atoms with E-state index in [-0.39, 0.29) is 12.6 Å². The van der Waals surface area contributed by atoms with Crippen molar-refractivity contribution in [3.8, 4) is 0 Å². The Hall–Kier alpha value is -1.60. The summed E-state index contributed by atoms with van der Waals surface area (Å²) in [7, 11) is 0. The SMILES string of the molecule is CCN(c1ccc(C(N)=O)cc1Br)C1COCC1C(=O)O. The first-order valence-electron chi connectivity index (χ1n) is 6.62. The molecule has 0 spiro atoms. The predicted molar refractivity (Wildman–Crippen MR) is 81.4 cm³/mol. The first-order valence-corrected chi connectivity index (χ1v) is 7.41. The number of amides is 1. The second kappa shape index (κ2) is 6.44. The van der Waals surface area contributed by atoms with Gasteiger partial charge in [-0.1, -0.05) is 0 Å². The third-order valence-electron chi connectivity index (χ3n) is 3.65. The van der Waals surface area contributed by atoms with E-state index in [0.717, 1.165) is 5.69 Å². The topological polar surface area (TPSA) is 92.9 Å². The lowest BCUT2D eigenvalue weighted by Crippen LogP contribution is -2.43. The van der Waals surface area contributed by atoms with Gasteiger partial charge in [-0.25, -0.2) is 0 Å². The molecule has 0 aromatic heterocycles. The Morgan fingerprint density at radius 3 is 2.71 bits per heavy atom. The van der Waals surface area contributed by atoms with E-state index in [1.807, 2.05) is 11.8 Å². The van der Waals surface area contributed by atoms with E-state index in [4.69, 9.17) is 10.5 Å². The number of rotatable bonds is 5. The van der Waals surface area contributed by atoms with Gasteiger partial charge < -0.3 is 20.5 Å². The number of nitrogens with two attached hydrogens (primary N) is 1. The van der Waals surface area contributed by atoms with Gasteiger partial charge in [-0.15, -0.1) is 0 Å². The second-order valence-corrected chi connectivity index (χ2v) is 5.72. The zero-order valence-electron chi connectivity index (χ0n) is 11.6. The van der Waals surface area contributed by atoms with Crippen molar-refractivity contribution in [1.29, 1.82) is 0 Å². The summed E-state index contributed by atoms with van der Waals surface area (Å²) in [4.78, 5) is 24.5. The number of hydrogen-bond donors (Lipinski definition) is 2. The van der Waals surface area contributed by atoms with Crippen LogP contribution < -0.4 is 10.6 Å². The van der Waals surface area contributed by atoms with Gasteiger partial charge in [0.1, 0.15) is 5.92 Å². The number of hydrogen-bond acceptors (Lipinski definition) is 4. The van der Waals surface area contributed by atoms with Crippen molar-refractivity contribution in [1.82, 2.24) is 0 Å². The minimum absolute atomic E-state index is 0.216. The van der Waals surface area contributed by atoms with Crippen LogP contribution in [0, 0.1) is 5.92 Å². The van der Waals surface area contributed by atoms with Gasteiger partial charge in [-0.2, -0.15) is 0 Å². The standard InChI is InChI=1S/C14H17BrN2O4/c1-2-17(12-7-21-6-9(12)14(19)20)11-4-3-8(13(16)18)5-10(11)15/h3-5,9,12H,2,6-7H2,1H3,(H2,16,18)(H,19,20). The summed E-state index contributed by atoms with van der Waals surface area (Å²) in [5.74, 6) is -1.92. The van der Waals surface area contributed by atoms with Crippen molar-refractivity contribution in [2.24, 2.45) is 11.7 Å². The highest BCUT2D eigenvalue weighted by Gasteiger charge is 2.38. The number of likely N-dealkylation sites (N-methyl/N-ethyl adjacent to an activating group) is 1. The Balaban J connectivity index is 2.33. The predicted octanol–water partition coefficient (Wildman–Crippen LogP) is 1.47. The first kappa shape index (κ1) is 15.8. The second-order valence-electron chi connectivity index (χ2n) is 4.87. The molecule has 0 bridgehead atoms. The van der Waals surface area contributed by atoms with E-state index in [9.17, 15) is 14.7 Å².